The summed E-state index contributed by atoms with van der Waals surface area (Å²) < 4.78 is 21.9. The van der Waals surface area contributed by atoms with Crippen LogP contribution in [0.4, 0.5) is 11.4 Å². The zero-order valence-corrected chi connectivity index (χ0v) is 32.1. The van der Waals surface area contributed by atoms with Crippen LogP contribution in [-0.2, 0) is 5.41 Å². The topological polar surface area (TPSA) is 56.4 Å². The summed E-state index contributed by atoms with van der Waals surface area (Å²) in [7, 11) is 2.38. The molecule has 6 heteroatoms. The lowest BCUT2D eigenvalue weighted by Gasteiger charge is -2.24. The van der Waals surface area contributed by atoms with Gasteiger partial charge in [0.15, 0.2) is 7.28 Å². The maximum Gasteiger partial charge on any atom is 0.197 e. The van der Waals surface area contributed by atoms with Crippen molar-refractivity contribution >= 4 is 117 Å². The Kier molecular flexibility index (Phi) is 6.19. The molecule has 273 valence electrons. The Bertz CT molecular complexity index is 3720. The van der Waals surface area contributed by atoms with E-state index in [0.717, 1.165) is 121 Å². The van der Waals surface area contributed by atoms with E-state index in [4.69, 9.17) is 13.3 Å². The molecule has 0 saturated carbocycles. The van der Waals surface area contributed by atoms with E-state index in [1.807, 2.05) is 30.3 Å². The third kappa shape index (κ3) is 4.43. The maximum absolute atomic E-state index is 6.51. The van der Waals surface area contributed by atoms with Crippen molar-refractivity contribution in [1.82, 2.24) is 4.57 Å². The number of nitrogens with one attached hydrogen (secondary N) is 1. The summed E-state index contributed by atoms with van der Waals surface area (Å²) in [5, 5.41) is 12.8. The van der Waals surface area contributed by atoms with Crippen LogP contribution in [0.15, 0.2) is 159 Å². The number of hydrogen-bond acceptors (Lipinski definition) is 4. The van der Waals surface area contributed by atoms with Gasteiger partial charge >= 0.3 is 0 Å². The Morgan fingerprint density at radius 1 is 0.483 bits per heavy atom. The fourth-order valence-electron chi connectivity index (χ4n) is 9.53. The molecule has 0 amide bonds. The van der Waals surface area contributed by atoms with E-state index in [-0.39, 0.29) is 5.41 Å². The standard InChI is InChI=1S/C52H34BN2O3/c1-52(2,3)28-16-18-29(19-17-28)54-41-26-48-37(30-10-4-7-13-44(30)57-48)22-35(41)33-20-21-34-36-25-47-39(32-12-6-9-15-46(32)56-47)24-42(36)55-43-27-49-38(23-40(43)53-50(33)51(34)55)31-11-5-8-14-45(31)58-49/h4-27,54H,1-3H3. The van der Waals surface area contributed by atoms with Gasteiger partial charge in [-0.15, -0.1) is 0 Å². The van der Waals surface area contributed by atoms with Crippen molar-refractivity contribution in [2.45, 2.75) is 26.2 Å². The zero-order chi connectivity index (χ0) is 38.4. The molecule has 4 aromatic heterocycles. The molecule has 5 nitrogen and oxygen atoms in total. The van der Waals surface area contributed by atoms with E-state index < -0.39 is 0 Å². The first-order valence-corrected chi connectivity index (χ1v) is 19.9. The predicted octanol–water partition coefficient (Wildman–Crippen LogP) is 13.2. The summed E-state index contributed by atoms with van der Waals surface area (Å²) in [6, 6.07) is 51.9. The van der Waals surface area contributed by atoms with Crippen molar-refractivity contribution in [1.29, 1.82) is 0 Å². The predicted molar refractivity (Wildman–Crippen MR) is 241 cm³/mol. The Labute approximate surface area is 333 Å². The first kappa shape index (κ1) is 32.0. The van der Waals surface area contributed by atoms with Crippen molar-refractivity contribution < 1.29 is 13.3 Å². The number of furan rings is 3. The summed E-state index contributed by atoms with van der Waals surface area (Å²) in [6.07, 6.45) is 0. The third-order valence-electron chi connectivity index (χ3n) is 12.4. The molecule has 1 aliphatic rings. The quantitative estimate of drug-likeness (QED) is 0.183. The van der Waals surface area contributed by atoms with E-state index in [9.17, 15) is 0 Å². The first-order valence-electron chi connectivity index (χ1n) is 19.9. The van der Waals surface area contributed by atoms with Gasteiger partial charge in [-0.1, -0.05) is 111 Å². The molecule has 1 aliphatic heterocycles. The molecule has 58 heavy (non-hydrogen) atoms. The fraction of sp³-hybridized carbons (Fsp3) is 0.0769. The lowest BCUT2D eigenvalue weighted by atomic mass is 9.59. The molecule has 0 unspecified atom stereocenters. The highest BCUT2D eigenvalue weighted by atomic mass is 16.3. The van der Waals surface area contributed by atoms with Crippen LogP contribution in [0.25, 0.3) is 104 Å². The average Bonchev–Trinajstić information content (AvgIpc) is 3.98. The number of para-hydroxylation sites is 3. The van der Waals surface area contributed by atoms with Gasteiger partial charge in [-0.25, -0.2) is 0 Å². The highest BCUT2D eigenvalue weighted by Crippen LogP contribution is 2.43. The number of aromatic nitrogens is 1. The van der Waals surface area contributed by atoms with Gasteiger partial charge in [0.1, 0.15) is 33.5 Å². The van der Waals surface area contributed by atoms with E-state index in [1.54, 1.807) is 0 Å². The van der Waals surface area contributed by atoms with Crippen molar-refractivity contribution in [3.63, 3.8) is 0 Å². The fourth-order valence-corrected chi connectivity index (χ4v) is 9.53. The van der Waals surface area contributed by atoms with Crippen LogP contribution < -0.4 is 16.2 Å². The van der Waals surface area contributed by atoms with Crippen LogP contribution in [0.5, 0.6) is 0 Å². The van der Waals surface area contributed by atoms with Crippen molar-refractivity contribution in [3.05, 3.63) is 151 Å². The minimum Gasteiger partial charge on any atom is -0.456 e. The van der Waals surface area contributed by atoms with E-state index in [1.165, 1.54) is 10.9 Å². The molecule has 0 bridgehead atoms. The number of hydrogen-bond donors (Lipinski definition) is 1. The molecular formula is C52H34BN2O3. The summed E-state index contributed by atoms with van der Waals surface area (Å²) in [4.78, 5) is 0. The van der Waals surface area contributed by atoms with Gasteiger partial charge in [0.25, 0.3) is 0 Å². The van der Waals surface area contributed by atoms with Crippen LogP contribution in [-0.4, -0.2) is 11.8 Å². The Morgan fingerprint density at radius 2 is 1.07 bits per heavy atom. The van der Waals surface area contributed by atoms with E-state index in [2.05, 4.69) is 153 Å². The highest BCUT2D eigenvalue weighted by Gasteiger charge is 2.29. The van der Waals surface area contributed by atoms with Gasteiger partial charge in [-0.2, -0.15) is 0 Å². The number of rotatable bonds is 3. The second-order valence-corrected chi connectivity index (χ2v) is 16.8. The minimum atomic E-state index is 0.0590. The molecule has 0 saturated heterocycles. The maximum atomic E-state index is 6.51. The summed E-state index contributed by atoms with van der Waals surface area (Å²) in [6.45, 7) is 6.74. The highest BCUT2D eigenvalue weighted by molar-refractivity contribution is 6.73. The monoisotopic (exact) mass is 745 g/mol. The lowest BCUT2D eigenvalue weighted by molar-refractivity contribution is 0.590. The molecular weight excluding hydrogens is 711 g/mol. The van der Waals surface area contributed by atoms with Gasteiger partial charge in [0.2, 0.25) is 0 Å². The average molecular weight is 746 g/mol. The molecule has 0 aliphatic carbocycles. The lowest BCUT2D eigenvalue weighted by Crippen LogP contribution is -2.37. The smallest absolute Gasteiger partial charge is 0.197 e. The Balaban J connectivity index is 1.12. The van der Waals surface area contributed by atoms with Gasteiger partial charge in [0, 0.05) is 77.7 Å². The van der Waals surface area contributed by atoms with Gasteiger partial charge in [0.05, 0.1) is 11.2 Å². The molecule has 12 aromatic rings. The molecule has 8 aromatic carbocycles. The number of anilines is 2. The van der Waals surface area contributed by atoms with Crippen LogP contribution in [0.2, 0.25) is 0 Å². The van der Waals surface area contributed by atoms with Crippen LogP contribution >= 0.6 is 0 Å². The number of nitrogens with zero attached hydrogens (tertiary/aromatic N) is 1. The van der Waals surface area contributed by atoms with Crippen molar-refractivity contribution in [3.8, 4) is 16.8 Å². The van der Waals surface area contributed by atoms with Gasteiger partial charge < -0.3 is 23.1 Å². The molecule has 0 spiro atoms. The number of benzene rings is 8. The van der Waals surface area contributed by atoms with Crippen LogP contribution in [0, 0.1) is 0 Å². The van der Waals surface area contributed by atoms with Gasteiger partial charge in [-0.05, 0) is 70.5 Å². The third-order valence-corrected chi connectivity index (χ3v) is 12.4. The Hall–Kier alpha value is -7.18. The Morgan fingerprint density at radius 3 is 1.72 bits per heavy atom. The summed E-state index contributed by atoms with van der Waals surface area (Å²) >= 11 is 0. The van der Waals surface area contributed by atoms with Crippen molar-refractivity contribution in [2.24, 2.45) is 0 Å². The molecule has 13 rings (SSSR count). The van der Waals surface area contributed by atoms with Gasteiger partial charge in [-0.3, -0.25) is 0 Å². The molecule has 5 heterocycles. The van der Waals surface area contributed by atoms with Crippen LogP contribution in [0.1, 0.15) is 26.3 Å². The van der Waals surface area contributed by atoms with Crippen LogP contribution in [0.3, 0.4) is 0 Å². The molecule has 0 fully saturated rings. The summed E-state index contributed by atoms with van der Waals surface area (Å²) in [5.74, 6) is 0. The second kappa shape index (κ2) is 11.2. The largest absolute Gasteiger partial charge is 0.456 e. The zero-order valence-electron chi connectivity index (χ0n) is 32.1. The molecule has 1 radical (unpaired) electrons. The van der Waals surface area contributed by atoms with E-state index >= 15 is 0 Å². The second-order valence-electron chi connectivity index (χ2n) is 16.8. The summed E-state index contributed by atoms with van der Waals surface area (Å²) in [5.41, 5.74) is 16.5. The molecule has 0 atom stereocenters. The minimum absolute atomic E-state index is 0.0590. The van der Waals surface area contributed by atoms with E-state index in [0.29, 0.717) is 0 Å². The normalized spacial score (nSPS) is 12.9. The first-order chi connectivity index (χ1) is 28.3. The van der Waals surface area contributed by atoms with Crippen molar-refractivity contribution in [2.75, 3.05) is 5.32 Å². The molecule has 1 N–H and O–H groups in total. The number of fused-ring (bicyclic) bond motifs is 14. The SMILES string of the molecule is CC(C)(C)c1ccc(Nc2cc3oc4ccccc4c3cc2-c2ccc3c4cc5oc6ccccc6c5cc4n4c3c2[B]c2cc3c(cc2-4)oc2ccccc23)cc1.